The zero-order valence-electron chi connectivity index (χ0n) is 16.5. The molecule has 0 unspecified atom stereocenters. The number of anilines is 1. The number of benzene rings is 2. The summed E-state index contributed by atoms with van der Waals surface area (Å²) >= 11 is 5.76. The fraction of sp³-hybridized carbons (Fsp3) is 0.381. The maximum atomic E-state index is 13.5. The van der Waals surface area contributed by atoms with Crippen molar-refractivity contribution < 1.29 is 27.4 Å². The van der Waals surface area contributed by atoms with E-state index in [1.807, 2.05) is 30.3 Å². The van der Waals surface area contributed by atoms with Crippen LogP contribution in [0.15, 0.2) is 54.6 Å². The molecule has 2 aromatic carbocycles. The number of carbonyl (C=O) groups is 1. The monoisotopic (exact) mass is 478 g/mol. The molecule has 31 heavy (non-hydrogen) atoms. The van der Waals surface area contributed by atoms with E-state index in [1.54, 1.807) is 4.90 Å². The highest BCUT2D eigenvalue weighted by molar-refractivity contribution is 6.30. The van der Waals surface area contributed by atoms with Crippen molar-refractivity contribution >= 4 is 35.8 Å². The van der Waals surface area contributed by atoms with Crippen molar-refractivity contribution in [2.24, 2.45) is 0 Å². The molecule has 1 fully saturated rings. The van der Waals surface area contributed by atoms with Gasteiger partial charge in [-0.05, 0) is 36.2 Å². The van der Waals surface area contributed by atoms with Crippen molar-refractivity contribution in [2.45, 2.75) is 24.8 Å². The molecule has 0 spiro atoms. The van der Waals surface area contributed by atoms with Crippen LogP contribution >= 0.6 is 24.0 Å². The number of hydrogen-bond donors (Lipinski definition) is 1. The third kappa shape index (κ3) is 8.22. The van der Waals surface area contributed by atoms with E-state index in [-0.39, 0.29) is 18.5 Å². The molecule has 2 aromatic rings. The third-order valence-corrected chi connectivity index (χ3v) is 4.91. The van der Waals surface area contributed by atoms with E-state index in [0.29, 0.717) is 36.8 Å². The van der Waals surface area contributed by atoms with E-state index in [1.165, 1.54) is 24.3 Å². The van der Waals surface area contributed by atoms with E-state index >= 15 is 0 Å². The van der Waals surface area contributed by atoms with Gasteiger partial charge in [-0.1, -0.05) is 41.9 Å². The van der Waals surface area contributed by atoms with Gasteiger partial charge in [0.15, 0.2) is 0 Å². The molecule has 0 aliphatic carbocycles. The molecule has 1 amide bonds. The van der Waals surface area contributed by atoms with Gasteiger partial charge in [0.1, 0.15) is 0 Å². The number of nitrogens with one attached hydrogen (secondary N) is 1. The summed E-state index contributed by atoms with van der Waals surface area (Å²) < 4.78 is 50.9. The first-order chi connectivity index (χ1) is 14.3. The number of halogens is 5. The minimum absolute atomic E-state index is 0. The number of rotatable bonds is 6. The Morgan fingerprint density at radius 3 is 2.52 bits per heavy atom. The highest BCUT2D eigenvalue weighted by atomic mass is 35.5. The van der Waals surface area contributed by atoms with Crippen molar-refractivity contribution in [1.29, 1.82) is 0 Å². The highest BCUT2D eigenvalue weighted by Crippen LogP contribution is 2.25. The Labute approximate surface area is 189 Å². The molecule has 1 aliphatic heterocycles. The maximum absolute atomic E-state index is 13.5. The van der Waals surface area contributed by atoms with Crippen LogP contribution in [0.3, 0.4) is 0 Å². The number of carbonyl (C=O) groups excluding carboxylic acids is 1. The molecule has 0 aromatic heterocycles. The second-order valence-electron chi connectivity index (χ2n) is 7.01. The van der Waals surface area contributed by atoms with Crippen molar-refractivity contribution in [3.63, 3.8) is 0 Å². The highest BCUT2D eigenvalue weighted by Gasteiger charge is 2.44. The zero-order chi connectivity index (χ0) is 21.6. The summed E-state index contributed by atoms with van der Waals surface area (Å²) in [6.07, 6.45) is -7.73. The van der Waals surface area contributed by atoms with Gasteiger partial charge in [-0.2, -0.15) is 13.2 Å². The summed E-state index contributed by atoms with van der Waals surface area (Å²) in [6.45, 7) is 0.523. The predicted molar refractivity (Wildman–Crippen MR) is 115 cm³/mol. The molecule has 0 radical (unpaired) electrons. The van der Waals surface area contributed by atoms with Gasteiger partial charge in [0.25, 0.3) is 0 Å². The number of alkyl halides is 3. The fourth-order valence-corrected chi connectivity index (χ4v) is 3.32. The molecule has 170 valence electrons. The first-order valence-electron chi connectivity index (χ1n) is 9.47. The average Bonchev–Trinajstić information content (AvgIpc) is 2.70. The Balaban J connectivity index is 0.00000341. The second kappa shape index (κ2) is 11.6. The van der Waals surface area contributed by atoms with Gasteiger partial charge in [0.05, 0.1) is 12.7 Å². The lowest BCUT2D eigenvalue weighted by atomic mass is 10.1. The van der Waals surface area contributed by atoms with Crippen LogP contribution in [-0.4, -0.2) is 55.6 Å². The SMILES string of the molecule is Cl.O=C(Nc1ccc(Cl)cc1)O[C@@H](CN1CCO[C@H](Cc2ccccc2)C1)C(F)(F)F. The van der Waals surface area contributed by atoms with Crippen molar-refractivity contribution in [2.75, 3.05) is 31.6 Å². The fourth-order valence-electron chi connectivity index (χ4n) is 3.20. The molecular weight excluding hydrogens is 456 g/mol. The summed E-state index contributed by atoms with van der Waals surface area (Å²) in [4.78, 5) is 13.6. The first kappa shape index (κ1) is 25.3. The number of morpholine rings is 1. The Kier molecular flexibility index (Phi) is 9.43. The summed E-state index contributed by atoms with van der Waals surface area (Å²) in [5.41, 5.74) is 1.34. The second-order valence-corrected chi connectivity index (χ2v) is 7.45. The standard InChI is InChI=1S/C21H22ClF3N2O3.ClH/c22-16-6-8-17(9-7-16)26-20(28)30-19(21(23,24)25)14-27-10-11-29-18(13-27)12-15-4-2-1-3-5-15;/h1-9,18-19H,10-14H2,(H,26,28);1H/t18-,19+;/m1./s1. The van der Waals surface area contributed by atoms with Crippen LogP contribution in [0, 0.1) is 0 Å². The molecule has 3 rings (SSSR count). The van der Waals surface area contributed by atoms with Crippen LogP contribution in [0.2, 0.25) is 5.02 Å². The van der Waals surface area contributed by atoms with Crippen LogP contribution in [0.5, 0.6) is 0 Å². The topological polar surface area (TPSA) is 50.8 Å². The molecular formula is C21H23Cl2F3N2O3. The van der Waals surface area contributed by atoms with Gasteiger partial charge in [-0.25, -0.2) is 4.79 Å². The van der Waals surface area contributed by atoms with Gasteiger partial charge >= 0.3 is 12.3 Å². The van der Waals surface area contributed by atoms with E-state index in [9.17, 15) is 18.0 Å². The van der Waals surface area contributed by atoms with Crippen LogP contribution < -0.4 is 5.32 Å². The summed E-state index contributed by atoms with van der Waals surface area (Å²) in [5, 5.41) is 2.73. The molecule has 0 bridgehead atoms. The van der Waals surface area contributed by atoms with Crippen molar-refractivity contribution in [3.05, 3.63) is 65.2 Å². The van der Waals surface area contributed by atoms with E-state index in [2.05, 4.69) is 5.32 Å². The van der Waals surface area contributed by atoms with E-state index in [0.717, 1.165) is 5.56 Å². The van der Waals surface area contributed by atoms with Gasteiger partial charge in [0.2, 0.25) is 6.10 Å². The van der Waals surface area contributed by atoms with Crippen LogP contribution in [0.1, 0.15) is 5.56 Å². The van der Waals surface area contributed by atoms with Crippen LogP contribution in [-0.2, 0) is 15.9 Å². The molecule has 1 heterocycles. The number of amides is 1. The normalized spacial score (nSPS) is 18.0. The molecule has 0 saturated carbocycles. The minimum atomic E-state index is -4.69. The quantitative estimate of drug-likeness (QED) is 0.620. The largest absolute Gasteiger partial charge is 0.435 e. The van der Waals surface area contributed by atoms with Gasteiger partial charge in [-0.15, -0.1) is 12.4 Å². The summed E-state index contributed by atoms with van der Waals surface area (Å²) in [6, 6.07) is 15.6. The lowest BCUT2D eigenvalue weighted by Gasteiger charge is -2.35. The Morgan fingerprint density at radius 1 is 1.19 bits per heavy atom. The predicted octanol–water partition coefficient (Wildman–Crippen LogP) is 5.18. The molecule has 1 aliphatic rings. The minimum Gasteiger partial charge on any atom is -0.435 e. The van der Waals surface area contributed by atoms with E-state index < -0.39 is 24.9 Å². The molecule has 1 saturated heterocycles. The van der Waals surface area contributed by atoms with Gasteiger partial charge in [-0.3, -0.25) is 10.2 Å². The smallest absolute Gasteiger partial charge is 0.426 e. The van der Waals surface area contributed by atoms with Gasteiger partial charge < -0.3 is 9.47 Å². The number of hydrogen-bond acceptors (Lipinski definition) is 4. The summed E-state index contributed by atoms with van der Waals surface area (Å²) in [5.74, 6) is 0. The third-order valence-electron chi connectivity index (χ3n) is 4.66. The van der Waals surface area contributed by atoms with Crippen molar-refractivity contribution in [3.8, 4) is 0 Å². The lowest BCUT2D eigenvalue weighted by molar-refractivity contribution is -0.209. The molecule has 5 nitrogen and oxygen atoms in total. The number of ether oxygens (including phenoxy) is 2. The van der Waals surface area contributed by atoms with Crippen LogP contribution in [0.25, 0.3) is 0 Å². The van der Waals surface area contributed by atoms with Gasteiger partial charge in [0, 0.05) is 30.3 Å². The zero-order valence-corrected chi connectivity index (χ0v) is 18.1. The molecule has 2 atom stereocenters. The molecule has 1 N–H and O–H groups in total. The lowest BCUT2D eigenvalue weighted by Crippen LogP contribution is -2.50. The number of nitrogens with zero attached hydrogens (tertiary/aromatic N) is 1. The Bertz CT molecular complexity index is 823. The Hall–Kier alpha value is -2.00. The van der Waals surface area contributed by atoms with Crippen molar-refractivity contribution in [1.82, 2.24) is 4.90 Å². The van der Waals surface area contributed by atoms with Crippen LogP contribution in [0.4, 0.5) is 23.7 Å². The Morgan fingerprint density at radius 2 is 1.87 bits per heavy atom. The maximum Gasteiger partial charge on any atom is 0.426 e. The average molecular weight is 479 g/mol. The molecule has 10 heteroatoms. The first-order valence-corrected chi connectivity index (χ1v) is 9.85. The summed E-state index contributed by atoms with van der Waals surface area (Å²) in [7, 11) is 0. The van der Waals surface area contributed by atoms with E-state index in [4.69, 9.17) is 21.1 Å².